The fraction of sp³-hybridized carbons (Fsp3) is 0.533. The summed E-state index contributed by atoms with van der Waals surface area (Å²) in [6.45, 7) is 5.25. The van der Waals surface area contributed by atoms with Crippen molar-refractivity contribution in [3.63, 3.8) is 0 Å². The Morgan fingerprint density at radius 1 is 1.42 bits per heavy atom. The van der Waals surface area contributed by atoms with E-state index in [1.807, 2.05) is 7.05 Å². The van der Waals surface area contributed by atoms with Crippen LogP contribution in [0, 0.1) is 0 Å². The molecule has 0 aliphatic rings. The zero-order valence-corrected chi connectivity index (χ0v) is 12.8. The first-order valence-corrected chi connectivity index (χ1v) is 7.97. The topological polar surface area (TPSA) is 29.9 Å². The second kappa shape index (κ2) is 6.87. The van der Waals surface area contributed by atoms with Crippen LogP contribution in [-0.4, -0.2) is 16.8 Å². The second-order valence-corrected chi connectivity index (χ2v) is 5.52. The van der Waals surface area contributed by atoms with Gasteiger partial charge in [0.1, 0.15) is 0 Å². The van der Waals surface area contributed by atoms with Gasteiger partial charge in [-0.05, 0) is 61.7 Å². The lowest BCUT2D eigenvalue weighted by molar-refractivity contribution is 0.488. The van der Waals surface area contributed by atoms with Crippen molar-refractivity contribution < 1.29 is 0 Å². The van der Waals surface area contributed by atoms with Crippen LogP contribution in [0.15, 0.2) is 22.9 Å². The summed E-state index contributed by atoms with van der Waals surface area (Å²) in [4.78, 5) is 0. The van der Waals surface area contributed by atoms with Crippen LogP contribution < -0.4 is 5.32 Å². The van der Waals surface area contributed by atoms with Crippen molar-refractivity contribution in [3.8, 4) is 0 Å². The highest BCUT2D eigenvalue weighted by Crippen LogP contribution is 2.21. The van der Waals surface area contributed by atoms with Crippen LogP contribution in [0.4, 0.5) is 0 Å². The third-order valence-electron chi connectivity index (χ3n) is 3.53. The number of rotatable bonds is 7. The molecule has 0 saturated heterocycles. The lowest BCUT2D eigenvalue weighted by Gasteiger charge is -2.17. The zero-order chi connectivity index (χ0) is 13.7. The molecule has 0 aliphatic heterocycles. The zero-order valence-electron chi connectivity index (χ0n) is 12.0. The Hall–Kier alpha value is -1.13. The minimum absolute atomic E-state index is 0.382. The molecule has 1 unspecified atom stereocenters. The van der Waals surface area contributed by atoms with E-state index in [0.29, 0.717) is 6.04 Å². The number of aryl methyl sites for hydroxylation is 3. The molecule has 0 bridgehead atoms. The molecule has 4 heteroatoms. The molecular formula is C15H23N3S. The van der Waals surface area contributed by atoms with E-state index >= 15 is 0 Å². The Labute approximate surface area is 119 Å². The second-order valence-electron chi connectivity index (χ2n) is 4.74. The molecule has 0 amide bonds. The van der Waals surface area contributed by atoms with Crippen molar-refractivity contribution in [2.45, 2.75) is 45.7 Å². The van der Waals surface area contributed by atoms with Crippen molar-refractivity contribution >= 4 is 11.3 Å². The minimum Gasteiger partial charge on any atom is -0.312 e. The standard InChI is InChI=1S/C15H23N3S/c1-4-13-10-15(18(5-2)17-13)14(16-3)7-6-12-8-9-19-11-12/h8-11,14,16H,4-7H2,1-3H3. The molecule has 2 aromatic heterocycles. The Morgan fingerprint density at radius 2 is 2.26 bits per heavy atom. The summed E-state index contributed by atoms with van der Waals surface area (Å²) in [5.41, 5.74) is 3.94. The molecule has 1 N–H and O–H groups in total. The first kappa shape index (κ1) is 14.3. The summed E-state index contributed by atoms with van der Waals surface area (Å²) >= 11 is 1.77. The number of hydrogen-bond donors (Lipinski definition) is 1. The van der Waals surface area contributed by atoms with E-state index < -0.39 is 0 Å². The summed E-state index contributed by atoms with van der Waals surface area (Å²) in [6.07, 6.45) is 3.23. The smallest absolute Gasteiger partial charge is 0.0625 e. The average molecular weight is 277 g/mol. The maximum atomic E-state index is 4.64. The fourth-order valence-electron chi connectivity index (χ4n) is 2.38. The molecular weight excluding hydrogens is 254 g/mol. The van der Waals surface area contributed by atoms with Crippen molar-refractivity contribution in [3.05, 3.63) is 39.8 Å². The van der Waals surface area contributed by atoms with Gasteiger partial charge in [-0.2, -0.15) is 16.4 Å². The van der Waals surface area contributed by atoms with Crippen molar-refractivity contribution in [1.29, 1.82) is 0 Å². The summed E-state index contributed by atoms with van der Waals surface area (Å²) < 4.78 is 2.13. The Bertz CT molecular complexity index is 487. The summed E-state index contributed by atoms with van der Waals surface area (Å²) in [7, 11) is 2.04. The molecule has 0 radical (unpaired) electrons. The predicted molar refractivity (Wildman–Crippen MR) is 81.7 cm³/mol. The lowest BCUT2D eigenvalue weighted by Crippen LogP contribution is -2.20. The van der Waals surface area contributed by atoms with Gasteiger partial charge in [-0.15, -0.1) is 0 Å². The number of nitrogens with zero attached hydrogens (tertiary/aromatic N) is 2. The molecule has 104 valence electrons. The first-order valence-electron chi connectivity index (χ1n) is 7.03. The molecule has 19 heavy (non-hydrogen) atoms. The predicted octanol–water partition coefficient (Wildman–Crippen LogP) is 3.42. The fourth-order valence-corrected chi connectivity index (χ4v) is 3.08. The number of aromatic nitrogens is 2. The van der Waals surface area contributed by atoms with Gasteiger partial charge in [-0.3, -0.25) is 4.68 Å². The normalized spacial score (nSPS) is 12.8. The first-order chi connectivity index (χ1) is 9.28. The van der Waals surface area contributed by atoms with Crippen LogP contribution in [0.25, 0.3) is 0 Å². The monoisotopic (exact) mass is 277 g/mol. The van der Waals surface area contributed by atoms with Crippen LogP contribution in [-0.2, 0) is 19.4 Å². The largest absolute Gasteiger partial charge is 0.312 e. The molecule has 2 aromatic rings. The number of thiophene rings is 1. The molecule has 1 atom stereocenters. The van der Waals surface area contributed by atoms with Crippen molar-refractivity contribution in [2.24, 2.45) is 0 Å². The van der Waals surface area contributed by atoms with E-state index in [1.54, 1.807) is 11.3 Å². The third-order valence-corrected chi connectivity index (χ3v) is 4.26. The average Bonchev–Trinajstić information content (AvgIpc) is 3.08. The van der Waals surface area contributed by atoms with E-state index in [4.69, 9.17) is 0 Å². The van der Waals surface area contributed by atoms with Gasteiger partial charge >= 0.3 is 0 Å². The van der Waals surface area contributed by atoms with Crippen LogP contribution in [0.2, 0.25) is 0 Å². The molecule has 2 heterocycles. The quantitative estimate of drug-likeness (QED) is 0.840. The van der Waals surface area contributed by atoms with Gasteiger partial charge in [0.05, 0.1) is 11.4 Å². The lowest BCUT2D eigenvalue weighted by atomic mass is 10.0. The van der Waals surface area contributed by atoms with Gasteiger partial charge in [-0.1, -0.05) is 6.92 Å². The summed E-state index contributed by atoms with van der Waals surface area (Å²) in [5.74, 6) is 0. The highest BCUT2D eigenvalue weighted by molar-refractivity contribution is 7.07. The van der Waals surface area contributed by atoms with Gasteiger partial charge < -0.3 is 5.32 Å². The molecule has 3 nitrogen and oxygen atoms in total. The van der Waals surface area contributed by atoms with Crippen LogP contribution in [0.3, 0.4) is 0 Å². The Kier molecular flexibility index (Phi) is 5.16. The molecule has 2 rings (SSSR count). The maximum absolute atomic E-state index is 4.64. The van der Waals surface area contributed by atoms with Crippen molar-refractivity contribution in [1.82, 2.24) is 15.1 Å². The SMILES string of the molecule is CCc1cc(C(CCc2ccsc2)NC)n(CC)n1. The van der Waals surface area contributed by atoms with E-state index in [-0.39, 0.29) is 0 Å². The van der Waals surface area contributed by atoms with E-state index in [0.717, 1.165) is 25.8 Å². The summed E-state index contributed by atoms with van der Waals surface area (Å²) in [5, 5.41) is 12.5. The van der Waals surface area contributed by atoms with Gasteiger partial charge in [-0.25, -0.2) is 0 Å². The number of hydrogen-bond acceptors (Lipinski definition) is 3. The molecule has 0 saturated carbocycles. The van der Waals surface area contributed by atoms with E-state index in [9.17, 15) is 0 Å². The minimum atomic E-state index is 0.382. The highest BCUT2D eigenvalue weighted by atomic mass is 32.1. The highest BCUT2D eigenvalue weighted by Gasteiger charge is 2.15. The Morgan fingerprint density at radius 3 is 2.84 bits per heavy atom. The third kappa shape index (κ3) is 3.45. The molecule has 0 aromatic carbocycles. The molecule has 0 aliphatic carbocycles. The van der Waals surface area contributed by atoms with Gasteiger partial charge in [0.15, 0.2) is 0 Å². The molecule has 0 fully saturated rings. The van der Waals surface area contributed by atoms with E-state index in [1.165, 1.54) is 17.0 Å². The Balaban J connectivity index is 2.09. The van der Waals surface area contributed by atoms with Crippen LogP contribution >= 0.6 is 11.3 Å². The van der Waals surface area contributed by atoms with Crippen LogP contribution in [0.5, 0.6) is 0 Å². The summed E-state index contributed by atoms with van der Waals surface area (Å²) in [6, 6.07) is 4.84. The van der Waals surface area contributed by atoms with Crippen LogP contribution in [0.1, 0.15) is 43.3 Å². The van der Waals surface area contributed by atoms with Gasteiger partial charge in [0.2, 0.25) is 0 Å². The van der Waals surface area contributed by atoms with Gasteiger partial charge in [0, 0.05) is 12.6 Å². The molecule has 0 spiro atoms. The van der Waals surface area contributed by atoms with Crippen molar-refractivity contribution in [2.75, 3.05) is 7.05 Å². The maximum Gasteiger partial charge on any atom is 0.0625 e. The van der Waals surface area contributed by atoms with E-state index in [2.05, 4.69) is 51.8 Å². The van der Waals surface area contributed by atoms with Gasteiger partial charge in [0.25, 0.3) is 0 Å². The number of nitrogens with one attached hydrogen (secondary N) is 1.